The SMILES string of the molecule is Cc1nc2c(nnn2C2CCN(C(=O)c3cccc(C(F)(F)F)c3)CC2)c(=O)[nH]1. The molecule has 1 aliphatic heterocycles. The predicted molar refractivity (Wildman–Crippen MR) is 96.3 cm³/mol. The van der Waals surface area contributed by atoms with E-state index in [1.54, 1.807) is 11.6 Å². The maximum absolute atomic E-state index is 12.9. The van der Waals surface area contributed by atoms with Gasteiger partial charge in [-0.3, -0.25) is 9.59 Å². The summed E-state index contributed by atoms with van der Waals surface area (Å²) < 4.78 is 40.3. The van der Waals surface area contributed by atoms with Crippen LogP contribution in [0.3, 0.4) is 0 Å². The number of fused-ring (bicyclic) bond motifs is 1. The first kappa shape index (κ1) is 19.1. The van der Waals surface area contributed by atoms with E-state index in [2.05, 4.69) is 20.3 Å². The van der Waals surface area contributed by atoms with Gasteiger partial charge in [0.15, 0.2) is 11.2 Å². The van der Waals surface area contributed by atoms with Crippen molar-refractivity contribution in [3.8, 4) is 0 Å². The minimum atomic E-state index is -4.50. The number of piperidine rings is 1. The third-order valence-electron chi connectivity index (χ3n) is 4.99. The van der Waals surface area contributed by atoms with Crippen LogP contribution in [-0.4, -0.2) is 48.9 Å². The number of carbonyl (C=O) groups excluding carboxylic acids is 1. The summed E-state index contributed by atoms with van der Waals surface area (Å²) in [4.78, 5) is 33.0. The molecule has 2 aromatic heterocycles. The number of alkyl halides is 3. The Labute approximate surface area is 162 Å². The number of hydrogen-bond donors (Lipinski definition) is 1. The molecule has 1 saturated heterocycles. The Morgan fingerprint density at radius 1 is 1.24 bits per heavy atom. The fourth-order valence-corrected chi connectivity index (χ4v) is 3.52. The fourth-order valence-electron chi connectivity index (χ4n) is 3.52. The van der Waals surface area contributed by atoms with E-state index < -0.39 is 17.6 Å². The minimum absolute atomic E-state index is 0.00769. The van der Waals surface area contributed by atoms with Crippen molar-refractivity contribution in [3.05, 3.63) is 51.6 Å². The average molecular weight is 406 g/mol. The number of aryl methyl sites for hydroxylation is 1. The summed E-state index contributed by atoms with van der Waals surface area (Å²) in [5, 5.41) is 7.93. The van der Waals surface area contributed by atoms with E-state index in [0.717, 1.165) is 12.1 Å². The van der Waals surface area contributed by atoms with Crippen molar-refractivity contribution in [1.82, 2.24) is 29.9 Å². The predicted octanol–water partition coefficient (Wildman–Crippen LogP) is 2.32. The highest BCUT2D eigenvalue weighted by Crippen LogP contribution is 2.30. The van der Waals surface area contributed by atoms with Crippen molar-refractivity contribution in [2.24, 2.45) is 0 Å². The molecule has 152 valence electrons. The largest absolute Gasteiger partial charge is 0.416 e. The lowest BCUT2D eigenvalue weighted by Gasteiger charge is -2.32. The quantitative estimate of drug-likeness (QED) is 0.705. The topological polar surface area (TPSA) is 96.8 Å². The van der Waals surface area contributed by atoms with Crippen LogP contribution < -0.4 is 5.56 Å². The van der Waals surface area contributed by atoms with Gasteiger partial charge in [0, 0.05) is 18.7 Å². The van der Waals surface area contributed by atoms with Crippen LogP contribution in [0.25, 0.3) is 11.2 Å². The molecule has 0 aliphatic carbocycles. The van der Waals surface area contributed by atoms with Gasteiger partial charge < -0.3 is 9.88 Å². The van der Waals surface area contributed by atoms with Crippen molar-refractivity contribution in [1.29, 1.82) is 0 Å². The number of H-pyrrole nitrogens is 1. The fraction of sp³-hybridized carbons (Fsp3) is 0.389. The molecule has 8 nitrogen and oxygen atoms in total. The van der Waals surface area contributed by atoms with Gasteiger partial charge in [0.05, 0.1) is 11.6 Å². The molecular formula is C18H17F3N6O2. The maximum Gasteiger partial charge on any atom is 0.416 e. The Morgan fingerprint density at radius 3 is 2.66 bits per heavy atom. The zero-order valence-electron chi connectivity index (χ0n) is 15.4. The number of benzene rings is 1. The lowest BCUT2D eigenvalue weighted by molar-refractivity contribution is -0.137. The summed E-state index contributed by atoms with van der Waals surface area (Å²) >= 11 is 0. The summed E-state index contributed by atoms with van der Waals surface area (Å²) in [6, 6.07) is 4.32. The van der Waals surface area contributed by atoms with E-state index >= 15 is 0 Å². The van der Waals surface area contributed by atoms with Crippen molar-refractivity contribution < 1.29 is 18.0 Å². The van der Waals surface area contributed by atoms with E-state index in [9.17, 15) is 22.8 Å². The van der Waals surface area contributed by atoms with Gasteiger partial charge in [-0.25, -0.2) is 9.67 Å². The van der Waals surface area contributed by atoms with Crippen LogP contribution in [0.1, 0.15) is 40.6 Å². The minimum Gasteiger partial charge on any atom is -0.338 e. The van der Waals surface area contributed by atoms with Crippen molar-refractivity contribution in [3.63, 3.8) is 0 Å². The molecule has 0 saturated carbocycles. The molecule has 1 aromatic carbocycles. The molecule has 1 aliphatic rings. The normalized spacial score (nSPS) is 15.8. The molecule has 29 heavy (non-hydrogen) atoms. The third kappa shape index (κ3) is 3.59. The van der Waals surface area contributed by atoms with Gasteiger partial charge in [-0.1, -0.05) is 11.3 Å². The smallest absolute Gasteiger partial charge is 0.338 e. The Balaban J connectivity index is 1.50. The van der Waals surface area contributed by atoms with Gasteiger partial charge in [0.1, 0.15) is 5.82 Å². The lowest BCUT2D eigenvalue weighted by atomic mass is 10.0. The van der Waals surface area contributed by atoms with Gasteiger partial charge in [-0.15, -0.1) is 5.10 Å². The Morgan fingerprint density at radius 2 is 1.97 bits per heavy atom. The van der Waals surface area contributed by atoms with Crippen LogP contribution in [0.5, 0.6) is 0 Å². The molecule has 4 rings (SSSR count). The van der Waals surface area contributed by atoms with Crippen molar-refractivity contribution in [2.45, 2.75) is 32.0 Å². The van der Waals surface area contributed by atoms with E-state index in [0.29, 0.717) is 37.4 Å². The summed E-state index contributed by atoms with van der Waals surface area (Å²) in [6.07, 6.45) is -3.45. The molecule has 0 spiro atoms. The third-order valence-corrected chi connectivity index (χ3v) is 4.99. The van der Waals surface area contributed by atoms with Crippen molar-refractivity contribution >= 4 is 17.1 Å². The summed E-state index contributed by atoms with van der Waals surface area (Å²) in [5.41, 5.74) is -0.671. The number of nitrogens with one attached hydrogen (secondary N) is 1. The summed E-state index contributed by atoms with van der Waals surface area (Å²) in [7, 11) is 0. The molecule has 0 atom stereocenters. The lowest BCUT2D eigenvalue weighted by Crippen LogP contribution is -2.39. The molecule has 11 heteroatoms. The number of amides is 1. The van der Waals surface area contributed by atoms with Gasteiger partial charge in [-0.2, -0.15) is 13.2 Å². The number of nitrogens with zero attached hydrogens (tertiary/aromatic N) is 5. The summed E-state index contributed by atoms with van der Waals surface area (Å²) in [6.45, 7) is 2.36. The van der Waals surface area contributed by atoms with Crippen LogP contribution in [0, 0.1) is 6.92 Å². The van der Waals surface area contributed by atoms with Crippen molar-refractivity contribution in [2.75, 3.05) is 13.1 Å². The van der Waals surface area contributed by atoms with Crippen LogP contribution in [0.15, 0.2) is 29.1 Å². The number of likely N-dealkylation sites (tertiary alicyclic amines) is 1. The zero-order valence-corrected chi connectivity index (χ0v) is 15.4. The average Bonchev–Trinajstić information content (AvgIpc) is 3.11. The second-order valence-electron chi connectivity index (χ2n) is 6.96. The number of aromatic amines is 1. The number of carbonyl (C=O) groups is 1. The Kier molecular flexibility index (Phi) is 4.59. The van der Waals surface area contributed by atoms with E-state index in [4.69, 9.17) is 0 Å². The van der Waals surface area contributed by atoms with E-state index in [-0.39, 0.29) is 22.7 Å². The molecular weight excluding hydrogens is 389 g/mol. The molecule has 1 amide bonds. The standard InChI is InChI=1S/C18H17F3N6O2/c1-10-22-15-14(16(28)23-10)24-25-27(15)13-5-7-26(8-6-13)17(29)11-3-2-4-12(9-11)18(19,20)21/h2-4,9,13H,5-8H2,1H3,(H,22,23,28). The number of rotatable bonds is 2. The second kappa shape index (κ2) is 6.98. The second-order valence-corrected chi connectivity index (χ2v) is 6.96. The van der Waals surface area contributed by atoms with Crippen LogP contribution in [-0.2, 0) is 6.18 Å². The highest BCUT2D eigenvalue weighted by atomic mass is 19.4. The van der Waals surface area contributed by atoms with Gasteiger partial charge in [-0.05, 0) is 38.0 Å². The first-order valence-electron chi connectivity index (χ1n) is 9.02. The van der Waals surface area contributed by atoms with Crippen LogP contribution >= 0.6 is 0 Å². The first-order chi connectivity index (χ1) is 13.7. The molecule has 3 aromatic rings. The maximum atomic E-state index is 12.9. The van der Waals surface area contributed by atoms with Gasteiger partial charge >= 0.3 is 6.18 Å². The highest BCUT2D eigenvalue weighted by Gasteiger charge is 2.32. The monoisotopic (exact) mass is 406 g/mol. The molecule has 1 fully saturated rings. The zero-order chi connectivity index (χ0) is 20.8. The van der Waals surface area contributed by atoms with Crippen LogP contribution in [0.2, 0.25) is 0 Å². The number of aromatic nitrogens is 5. The molecule has 0 bridgehead atoms. The van der Waals surface area contributed by atoms with E-state index in [1.165, 1.54) is 17.0 Å². The Hall–Kier alpha value is -3.24. The molecule has 3 heterocycles. The van der Waals surface area contributed by atoms with E-state index in [1.807, 2.05) is 0 Å². The number of halogens is 3. The molecule has 0 unspecified atom stereocenters. The summed E-state index contributed by atoms with van der Waals surface area (Å²) in [5.74, 6) is 0.00613. The Bertz CT molecular complexity index is 1130. The highest BCUT2D eigenvalue weighted by molar-refractivity contribution is 5.94. The number of hydrogen-bond acceptors (Lipinski definition) is 5. The molecule has 1 N–H and O–H groups in total. The van der Waals surface area contributed by atoms with Gasteiger partial charge in [0.2, 0.25) is 0 Å². The molecule has 0 radical (unpaired) electrons. The van der Waals surface area contributed by atoms with Crippen LogP contribution in [0.4, 0.5) is 13.2 Å². The van der Waals surface area contributed by atoms with Gasteiger partial charge in [0.25, 0.3) is 11.5 Å². The first-order valence-corrected chi connectivity index (χ1v) is 9.02.